The number of rotatable bonds is 5. The fourth-order valence-corrected chi connectivity index (χ4v) is 3.49. The van der Waals surface area contributed by atoms with Crippen LogP contribution in [0.3, 0.4) is 0 Å². The minimum atomic E-state index is -1.28. The van der Waals surface area contributed by atoms with E-state index in [1.165, 1.54) is 0 Å². The van der Waals surface area contributed by atoms with Crippen molar-refractivity contribution in [2.45, 2.75) is 24.9 Å². The van der Waals surface area contributed by atoms with Crippen molar-refractivity contribution in [3.8, 4) is 11.5 Å². The molecule has 3 rings (SSSR count). The van der Waals surface area contributed by atoms with E-state index in [0.29, 0.717) is 17.9 Å². The van der Waals surface area contributed by atoms with E-state index in [2.05, 4.69) is 15.9 Å². The molecule has 0 bridgehead atoms. The quantitative estimate of drug-likeness (QED) is 0.437. The molecule has 0 spiro atoms. The van der Waals surface area contributed by atoms with Crippen LogP contribution >= 0.6 is 15.9 Å². The van der Waals surface area contributed by atoms with Crippen molar-refractivity contribution < 1.29 is 19.4 Å². The van der Waals surface area contributed by atoms with Gasteiger partial charge in [-0.1, -0.05) is 52.3 Å². The number of hydrogen-bond donors (Lipinski definition) is 1. The molecule has 0 amide bonds. The third kappa shape index (κ3) is 2.93. The van der Waals surface area contributed by atoms with E-state index >= 15 is 0 Å². The number of unbranched alkanes of at least 4 members (excludes halogenated alkanes) is 1. The van der Waals surface area contributed by atoms with E-state index in [1.54, 1.807) is 0 Å². The van der Waals surface area contributed by atoms with Gasteiger partial charge < -0.3 is 14.6 Å². The van der Waals surface area contributed by atoms with Gasteiger partial charge in [-0.15, -0.1) is 0 Å². The summed E-state index contributed by atoms with van der Waals surface area (Å²) < 4.78 is 11.4. The van der Waals surface area contributed by atoms with Crippen molar-refractivity contribution in [3.63, 3.8) is 0 Å². The molecule has 0 atom stereocenters. The smallest absolute Gasteiger partial charge is 0.456 e. The first-order valence-electron chi connectivity index (χ1n) is 7.52. The lowest BCUT2D eigenvalue weighted by Gasteiger charge is -2.38. The van der Waals surface area contributed by atoms with E-state index in [0.717, 1.165) is 29.3 Å². The second-order valence-electron chi connectivity index (χ2n) is 5.44. The highest BCUT2D eigenvalue weighted by atomic mass is 79.9. The molecule has 1 heterocycles. The molecule has 0 unspecified atom stereocenters. The maximum Gasteiger partial charge on any atom is 0.507 e. The fourth-order valence-electron chi connectivity index (χ4n) is 3.09. The van der Waals surface area contributed by atoms with Crippen LogP contribution in [0.2, 0.25) is 0 Å². The van der Waals surface area contributed by atoms with Gasteiger partial charge in [-0.25, -0.2) is 4.79 Å². The Labute approximate surface area is 143 Å². The highest BCUT2D eigenvalue weighted by Gasteiger charge is 2.45. The molecule has 0 radical (unpaired) electrons. The van der Waals surface area contributed by atoms with Crippen molar-refractivity contribution in [3.05, 3.63) is 59.7 Å². The summed E-state index contributed by atoms with van der Waals surface area (Å²) in [4.78, 5) is 11.5. The van der Waals surface area contributed by atoms with Gasteiger partial charge in [0.1, 0.15) is 11.5 Å². The predicted molar refractivity (Wildman–Crippen MR) is 90.5 cm³/mol. The Bertz CT molecular complexity index is 668. The Balaban J connectivity index is 2.16. The number of ether oxygens (including phenoxy) is 2. The molecule has 0 saturated carbocycles. The summed E-state index contributed by atoms with van der Waals surface area (Å²) in [5, 5.41) is 10.2. The average molecular weight is 377 g/mol. The molecule has 1 N–H and O–H groups in total. The van der Waals surface area contributed by atoms with Crippen LogP contribution in [0.15, 0.2) is 48.5 Å². The zero-order valence-corrected chi connectivity index (χ0v) is 14.1. The molecule has 120 valence electrons. The highest BCUT2D eigenvalue weighted by molar-refractivity contribution is 9.09. The molecule has 0 saturated heterocycles. The lowest BCUT2D eigenvalue weighted by molar-refractivity contribution is -0.00832. The van der Waals surface area contributed by atoms with Gasteiger partial charge >= 0.3 is 6.16 Å². The van der Waals surface area contributed by atoms with Crippen LogP contribution < -0.4 is 4.74 Å². The predicted octanol–water partition coefficient (Wildman–Crippen LogP) is 5.30. The van der Waals surface area contributed by atoms with Crippen molar-refractivity contribution in [2.75, 3.05) is 5.33 Å². The number of halogens is 1. The largest absolute Gasteiger partial charge is 0.507 e. The van der Waals surface area contributed by atoms with Gasteiger partial charge in [0.15, 0.2) is 5.60 Å². The summed E-state index contributed by atoms with van der Waals surface area (Å²) >= 11 is 3.42. The number of fused-ring (bicyclic) bond motifs is 2. The van der Waals surface area contributed by atoms with Crippen LogP contribution in [0.4, 0.5) is 4.79 Å². The molecule has 0 fully saturated rings. The Morgan fingerprint density at radius 2 is 1.61 bits per heavy atom. The van der Waals surface area contributed by atoms with Crippen molar-refractivity contribution in [1.29, 1.82) is 0 Å². The van der Waals surface area contributed by atoms with Gasteiger partial charge in [-0.2, -0.15) is 0 Å². The normalized spacial score (nSPS) is 14.3. The summed E-state index contributed by atoms with van der Waals surface area (Å²) in [6.07, 6.45) is 1.06. The number of carboxylic acid groups (broad SMARTS) is 1. The third-order valence-electron chi connectivity index (χ3n) is 4.04. The molecular formula is C18H17BrO4. The van der Waals surface area contributed by atoms with Crippen LogP contribution in [-0.4, -0.2) is 16.6 Å². The average Bonchev–Trinajstić information content (AvgIpc) is 2.55. The van der Waals surface area contributed by atoms with E-state index < -0.39 is 11.8 Å². The number of hydrogen-bond acceptors (Lipinski definition) is 3. The molecule has 1 aliphatic heterocycles. The summed E-state index contributed by atoms with van der Waals surface area (Å²) in [6, 6.07) is 14.9. The number of alkyl halides is 1. The van der Waals surface area contributed by atoms with Crippen molar-refractivity contribution in [2.24, 2.45) is 0 Å². The van der Waals surface area contributed by atoms with Gasteiger partial charge in [0.25, 0.3) is 0 Å². The highest BCUT2D eigenvalue weighted by Crippen LogP contribution is 2.51. The monoisotopic (exact) mass is 376 g/mol. The molecule has 5 heteroatoms. The number of para-hydroxylation sites is 2. The molecule has 4 nitrogen and oxygen atoms in total. The second-order valence-corrected chi connectivity index (χ2v) is 6.23. The standard InChI is InChI=1S/C18H17BrO4/c19-12-6-5-11-18(23-17(20)21)13-7-1-3-9-15(13)22-16-10-4-2-8-14(16)18/h1-4,7-10H,5-6,11-12H2,(H,20,21). The summed E-state index contributed by atoms with van der Waals surface area (Å²) in [6.45, 7) is 0. The topological polar surface area (TPSA) is 55.8 Å². The Hall–Kier alpha value is -2.01. The van der Waals surface area contributed by atoms with Gasteiger partial charge in [-0.3, -0.25) is 0 Å². The Morgan fingerprint density at radius 1 is 1.04 bits per heavy atom. The summed E-state index contributed by atoms with van der Waals surface area (Å²) in [5.74, 6) is 1.29. The van der Waals surface area contributed by atoms with E-state index in [-0.39, 0.29) is 0 Å². The first kappa shape index (κ1) is 15.9. The summed E-state index contributed by atoms with van der Waals surface area (Å²) in [5.41, 5.74) is 0.491. The van der Waals surface area contributed by atoms with Gasteiger partial charge in [0.2, 0.25) is 0 Å². The van der Waals surface area contributed by atoms with Crippen LogP contribution in [0.5, 0.6) is 11.5 Å². The van der Waals surface area contributed by atoms with Crippen LogP contribution in [0.25, 0.3) is 0 Å². The summed E-state index contributed by atoms with van der Waals surface area (Å²) in [7, 11) is 0. The SMILES string of the molecule is O=C(O)OC1(CCCCBr)c2ccccc2Oc2ccccc21. The Morgan fingerprint density at radius 3 is 2.13 bits per heavy atom. The van der Waals surface area contributed by atoms with Crippen molar-refractivity contribution in [1.82, 2.24) is 0 Å². The molecular weight excluding hydrogens is 360 g/mol. The van der Waals surface area contributed by atoms with Crippen LogP contribution in [0.1, 0.15) is 30.4 Å². The first-order chi connectivity index (χ1) is 11.2. The molecule has 0 aliphatic carbocycles. The third-order valence-corrected chi connectivity index (χ3v) is 4.60. The van der Waals surface area contributed by atoms with Crippen LogP contribution in [0, 0.1) is 0 Å². The van der Waals surface area contributed by atoms with Crippen molar-refractivity contribution >= 4 is 22.1 Å². The van der Waals surface area contributed by atoms with E-state index in [9.17, 15) is 9.90 Å². The van der Waals surface area contributed by atoms with Gasteiger partial charge in [0.05, 0.1) is 0 Å². The first-order valence-corrected chi connectivity index (χ1v) is 8.64. The fraction of sp³-hybridized carbons (Fsp3) is 0.278. The van der Waals surface area contributed by atoms with Gasteiger partial charge in [0, 0.05) is 16.5 Å². The number of carbonyl (C=O) groups is 1. The Kier molecular flexibility index (Phi) is 4.57. The zero-order chi connectivity index (χ0) is 16.3. The zero-order valence-electron chi connectivity index (χ0n) is 12.5. The number of benzene rings is 2. The minimum Gasteiger partial charge on any atom is -0.456 e. The van der Waals surface area contributed by atoms with Gasteiger partial charge in [-0.05, 0) is 31.4 Å². The lowest BCUT2D eigenvalue weighted by Crippen LogP contribution is -2.36. The van der Waals surface area contributed by atoms with E-state index in [1.807, 2.05) is 48.5 Å². The van der Waals surface area contributed by atoms with E-state index in [4.69, 9.17) is 9.47 Å². The minimum absolute atomic E-state index is 0.572. The molecule has 1 aliphatic rings. The molecule has 23 heavy (non-hydrogen) atoms. The molecule has 2 aromatic rings. The maximum atomic E-state index is 11.5. The maximum absolute atomic E-state index is 11.5. The lowest BCUT2D eigenvalue weighted by atomic mass is 9.79. The molecule has 2 aromatic carbocycles. The molecule has 0 aromatic heterocycles. The second kappa shape index (κ2) is 6.62. The van der Waals surface area contributed by atoms with Crippen LogP contribution in [-0.2, 0) is 10.3 Å².